The minimum Gasteiger partial charge on any atom is -0.495 e. The smallest absolute Gasteiger partial charge is 0.234 e. The maximum Gasteiger partial charge on any atom is 0.234 e. The molecule has 1 unspecified atom stereocenters. The number of carbonyl (C=O) groups is 2. The molecule has 124 valence electrons. The second kappa shape index (κ2) is 6.58. The van der Waals surface area contributed by atoms with Crippen molar-refractivity contribution in [1.82, 2.24) is 10.2 Å². The van der Waals surface area contributed by atoms with Crippen molar-refractivity contribution in [3.05, 3.63) is 23.8 Å². The van der Waals surface area contributed by atoms with E-state index >= 15 is 0 Å². The molecule has 2 saturated heterocycles. The van der Waals surface area contributed by atoms with Crippen LogP contribution in [0.3, 0.4) is 0 Å². The van der Waals surface area contributed by atoms with Crippen molar-refractivity contribution in [1.29, 1.82) is 0 Å². The van der Waals surface area contributed by atoms with Gasteiger partial charge in [-0.15, -0.1) is 0 Å². The number of anilines is 1. The maximum absolute atomic E-state index is 12.0. The molecule has 2 aliphatic heterocycles. The van der Waals surface area contributed by atoms with Crippen LogP contribution >= 0.6 is 0 Å². The van der Waals surface area contributed by atoms with Gasteiger partial charge in [-0.05, 0) is 31.2 Å². The third-order valence-corrected chi connectivity index (χ3v) is 4.69. The average molecular weight is 317 g/mol. The predicted octanol–water partition coefficient (Wildman–Crippen LogP) is 0.967. The molecular weight excluding hydrogens is 294 g/mol. The van der Waals surface area contributed by atoms with Crippen LogP contribution < -0.4 is 15.0 Å². The minimum atomic E-state index is -0.275. The fourth-order valence-electron chi connectivity index (χ4n) is 3.23. The van der Waals surface area contributed by atoms with Crippen molar-refractivity contribution in [2.45, 2.75) is 18.8 Å². The van der Waals surface area contributed by atoms with Gasteiger partial charge in [0.1, 0.15) is 5.75 Å². The number of nitrogens with zero attached hydrogens (tertiary/aromatic N) is 2. The van der Waals surface area contributed by atoms with Crippen molar-refractivity contribution in [2.75, 3.05) is 45.2 Å². The number of methoxy groups -OCH3 is 1. The van der Waals surface area contributed by atoms with Crippen molar-refractivity contribution < 1.29 is 14.3 Å². The van der Waals surface area contributed by atoms with Gasteiger partial charge in [0.25, 0.3) is 0 Å². The number of hydrogen-bond donors (Lipinski definition) is 1. The van der Waals surface area contributed by atoms with E-state index in [1.807, 2.05) is 18.2 Å². The van der Waals surface area contributed by atoms with Crippen LogP contribution in [0.4, 0.5) is 5.69 Å². The third-order valence-electron chi connectivity index (χ3n) is 4.69. The fraction of sp³-hybridized carbons (Fsp3) is 0.529. The van der Waals surface area contributed by atoms with E-state index in [9.17, 15) is 9.59 Å². The molecular formula is C17H23N3O3. The normalized spacial score (nSPS) is 22.9. The molecule has 6 heteroatoms. The van der Waals surface area contributed by atoms with Crippen LogP contribution in [0.1, 0.15) is 24.3 Å². The largest absolute Gasteiger partial charge is 0.495 e. The molecule has 23 heavy (non-hydrogen) atoms. The van der Waals surface area contributed by atoms with Crippen molar-refractivity contribution >= 4 is 17.5 Å². The van der Waals surface area contributed by atoms with Crippen LogP contribution in [0.15, 0.2) is 18.2 Å². The summed E-state index contributed by atoms with van der Waals surface area (Å²) in [6, 6.07) is 5.95. The first-order valence-corrected chi connectivity index (χ1v) is 8.03. The summed E-state index contributed by atoms with van der Waals surface area (Å²) in [7, 11) is 3.78. The van der Waals surface area contributed by atoms with Crippen LogP contribution in [-0.2, 0) is 9.59 Å². The number of carbonyl (C=O) groups excluding carboxylic acids is 2. The van der Waals surface area contributed by atoms with Crippen LogP contribution in [0.25, 0.3) is 0 Å². The highest BCUT2D eigenvalue weighted by atomic mass is 16.5. The van der Waals surface area contributed by atoms with Crippen LogP contribution in [-0.4, -0.2) is 57.1 Å². The fourth-order valence-corrected chi connectivity index (χ4v) is 3.23. The lowest BCUT2D eigenvalue weighted by molar-refractivity contribution is -0.134. The highest BCUT2D eigenvalue weighted by Crippen LogP contribution is 2.34. The lowest BCUT2D eigenvalue weighted by Crippen LogP contribution is -2.44. The van der Waals surface area contributed by atoms with E-state index in [-0.39, 0.29) is 17.7 Å². The van der Waals surface area contributed by atoms with Gasteiger partial charge in [0.2, 0.25) is 11.8 Å². The topological polar surface area (TPSA) is 61.9 Å². The second-order valence-corrected chi connectivity index (χ2v) is 6.23. The predicted molar refractivity (Wildman–Crippen MR) is 87.8 cm³/mol. The summed E-state index contributed by atoms with van der Waals surface area (Å²) in [4.78, 5) is 28.0. The number of hydrogen-bond acceptors (Lipinski definition) is 5. The van der Waals surface area contributed by atoms with E-state index in [1.165, 1.54) is 0 Å². The van der Waals surface area contributed by atoms with Crippen molar-refractivity contribution in [3.63, 3.8) is 0 Å². The number of piperazine rings is 1. The SMILES string of the molecule is COc1cc(C2CCC(=O)NC2=O)ccc1N1CCN(C)CC1. The van der Waals surface area contributed by atoms with Gasteiger partial charge < -0.3 is 14.5 Å². The highest BCUT2D eigenvalue weighted by Gasteiger charge is 2.29. The summed E-state index contributed by atoms with van der Waals surface area (Å²) in [5, 5.41) is 2.41. The molecule has 0 bridgehead atoms. The van der Waals surface area contributed by atoms with Crippen LogP contribution in [0.5, 0.6) is 5.75 Å². The number of rotatable bonds is 3. The van der Waals surface area contributed by atoms with Gasteiger partial charge in [-0.25, -0.2) is 0 Å². The van der Waals surface area contributed by atoms with E-state index in [4.69, 9.17) is 4.74 Å². The molecule has 1 N–H and O–H groups in total. The molecule has 6 nitrogen and oxygen atoms in total. The maximum atomic E-state index is 12.0. The monoisotopic (exact) mass is 317 g/mol. The second-order valence-electron chi connectivity index (χ2n) is 6.23. The van der Waals surface area contributed by atoms with E-state index in [0.29, 0.717) is 12.8 Å². The van der Waals surface area contributed by atoms with Gasteiger partial charge in [-0.1, -0.05) is 6.07 Å². The summed E-state index contributed by atoms with van der Waals surface area (Å²) in [6.45, 7) is 3.98. The van der Waals surface area contributed by atoms with Gasteiger partial charge in [0.15, 0.2) is 0 Å². The molecule has 0 spiro atoms. The Hall–Kier alpha value is -2.08. The Morgan fingerprint density at radius 3 is 2.57 bits per heavy atom. The molecule has 0 saturated carbocycles. The highest BCUT2D eigenvalue weighted by molar-refractivity contribution is 6.01. The zero-order chi connectivity index (χ0) is 16.4. The molecule has 2 fully saturated rings. The van der Waals surface area contributed by atoms with Crippen molar-refractivity contribution in [2.24, 2.45) is 0 Å². The van der Waals surface area contributed by atoms with Crippen LogP contribution in [0.2, 0.25) is 0 Å². The molecule has 1 atom stereocenters. The van der Waals surface area contributed by atoms with Crippen molar-refractivity contribution in [3.8, 4) is 5.75 Å². The minimum absolute atomic E-state index is 0.188. The lowest BCUT2D eigenvalue weighted by Gasteiger charge is -2.35. The van der Waals surface area contributed by atoms with E-state index in [0.717, 1.165) is 43.2 Å². The van der Waals surface area contributed by atoms with E-state index in [2.05, 4.69) is 22.2 Å². The van der Waals surface area contributed by atoms with Gasteiger partial charge >= 0.3 is 0 Å². The number of nitrogens with one attached hydrogen (secondary N) is 1. The quantitative estimate of drug-likeness (QED) is 0.842. The first kappa shape index (κ1) is 15.8. The van der Waals surface area contributed by atoms with Gasteiger partial charge in [-0.2, -0.15) is 0 Å². The zero-order valence-corrected chi connectivity index (χ0v) is 13.7. The van der Waals surface area contributed by atoms with Crippen LogP contribution in [0, 0.1) is 0 Å². The zero-order valence-electron chi connectivity index (χ0n) is 13.7. The number of piperidine rings is 1. The number of amides is 2. The Bertz CT molecular complexity index is 609. The molecule has 0 radical (unpaired) electrons. The molecule has 1 aromatic carbocycles. The number of imide groups is 1. The lowest BCUT2D eigenvalue weighted by atomic mass is 9.90. The molecule has 0 aromatic heterocycles. The van der Waals surface area contributed by atoms with Gasteiger partial charge in [-0.3, -0.25) is 14.9 Å². The number of ether oxygens (including phenoxy) is 1. The Kier molecular flexibility index (Phi) is 4.52. The summed E-state index contributed by atoms with van der Waals surface area (Å²) < 4.78 is 5.56. The molecule has 2 amide bonds. The Labute approximate surface area is 136 Å². The Balaban J connectivity index is 1.82. The van der Waals surface area contributed by atoms with E-state index in [1.54, 1.807) is 7.11 Å². The molecule has 2 heterocycles. The summed E-state index contributed by atoms with van der Waals surface area (Å²) in [5.74, 6) is 0.114. The molecule has 0 aliphatic carbocycles. The van der Waals surface area contributed by atoms with E-state index < -0.39 is 0 Å². The first-order chi connectivity index (χ1) is 11.1. The summed E-state index contributed by atoms with van der Waals surface area (Å²) in [5.41, 5.74) is 1.97. The standard InChI is InChI=1S/C17H23N3O3/c1-19-7-9-20(10-8-19)14-5-3-12(11-15(14)23-2)13-4-6-16(21)18-17(13)22/h3,5,11,13H,4,6-10H2,1-2H3,(H,18,21,22). The first-order valence-electron chi connectivity index (χ1n) is 8.03. The summed E-state index contributed by atoms with van der Waals surface area (Å²) in [6.07, 6.45) is 0.945. The molecule has 2 aliphatic rings. The molecule has 1 aromatic rings. The summed E-state index contributed by atoms with van der Waals surface area (Å²) >= 11 is 0. The third kappa shape index (κ3) is 3.32. The van der Waals surface area contributed by atoms with Gasteiger partial charge in [0.05, 0.1) is 18.7 Å². The van der Waals surface area contributed by atoms with Gasteiger partial charge in [0, 0.05) is 32.6 Å². The number of benzene rings is 1. The molecule has 3 rings (SSSR count). The Morgan fingerprint density at radius 1 is 1.17 bits per heavy atom. The number of likely N-dealkylation sites (N-methyl/N-ethyl adjacent to an activating group) is 1. The average Bonchev–Trinajstić information content (AvgIpc) is 2.55. The Morgan fingerprint density at radius 2 is 1.91 bits per heavy atom.